The molecule has 1 N–H and O–H groups in total. The van der Waals surface area contributed by atoms with Crippen LogP contribution in [0.1, 0.15) is 45.8 Å². The third kappa shape index (κ3) is 4.99. The lowest BCUT2D eigenvalue weighted by molar-refractivity contribution is -0.705. The van der Waals surface area contributed by atoms with Crippen LogP contribution in [0.5, 0.6) is 0 Å². The molecule has 2 unspecified atom stereocenters. The fraction of sp³-hybridized carbons (Fsp3) is 0.217. The number of carbonyl (C=O) groups excluding carboxylic acids is 1. The molecule has 0 saturated heterocycles. The number of carbonyl (C=O) groups is 1. The lowest BCUT2D eigenvalue weighted by atomic mass is 10.0. The average Bonchev–Trinajstić information content (AvgIpc) is 3.41. The third-order valence-corrected chi connectivity index (χ3v) is 6.25. The molecule has 3 aromatic rings. The number of nitrogens with one attached hydrogen (secondary N) is 1. The number of alkyl halides is 3. The summed E-state index contributed by atoms with van der Waals surface area (Å²) in [7, 11) is 0. The lowest BCUT2D eigenvalue weighted by Gasteiger charge is -2.13. The van der Waals surface area contributed by atoms with Gasteiger partial charge in [0.2, 0.25) is 0 Å². The van der Waals surface area contributed by atoms with Gasteiger partial charge in [0.1, 0.15) is 5.71 Å². The van der Waals surface area contributed by atoms with E-state index < -0.39 is 18.1 Å². The molecule has 0 fully saturated rings. The largest absolute Gasteiger partial charge is 0.433 e. The summed E-state index contributed by atoms with van der Waals surface area (Å²) in [4.78, 5) is 20.9. The van der Waals surface area contributed by atoms with Gasteiger partial charge in [-0.3, -0.25) is 4.79 Å². The Morgan fingerprint density at radius 2 is 1.94 bits per heavy atom. The van der Waals surface area contributed by atoms with Crippen LogP contribution >= 0.6 is 22.9 Å². The number of aromatic nitrogens is 2. The molecule has 0 bridgehead atoms. The molecule has 3 heterocycles. The van der Waals surface area contributed by atoms with Crippen molar-refractivity contribution < 1.29 is 22.5 Å². The van der Waals surface area contributed by atoms with Gasteiger partial charge in [-0.05, 0) is 55.3 Å². The number of hydrogen-bond donors (Lipinski definition) is 1. The van der Waals surface area contributed by atoms with Crippen LogP contribution in [0.4, 0.5) is 13.2 Å². The van der Waals surface area contributed by atoms with Gasteiger partial charge in [-0.25, -0.2) is 9.98 Å². The quantitative estimate of drug-likeness (QED) is 0.379. The first-order chi connectivity index (χ1) is 15.6. The number of amides is 1. The Hall–Kier alpha value is -3.04. The normalized spacial score (nSPS) is 16.8. The molecule has 4 rings (SSSR count). The predicted octanol–water partition coefficient (Wildman–Crippen LogP) is 5.48. The van der Waals surface area contributed by atoms with E-state index in [4.69, 9.17) is 11.6 Å². The van der Waals surface area contributed by atoms with Gasteiger partial charge in [-0.1, -0.05) is 12.1 Å². The molecule has 1 aliphatic rings. The van der Waals surface area contributed by atoms with Gasteiger partial charge in [0.25, 0.3) is 17.2 Å². The molecule has 5 nitrogen and oxygen atoms in total. The van der Waals surface area contributed by atoms with E-state index in [1.807, 2.05) is 19.2 Å². The summed E-state index contributed by atoms with van der Waals surface area (Å²) in [5.41, 5.74) is 1.02. The minimum atomic E-state index is -4.59. The van der Waals surface area contributed by atoms with Crippen LogP contribution < -0.4 is 9.88 Å². The number of thiazole rings is 1. The van der Waals surface area contributed by atoms with Gasteiger partial charge in [0.05, 0.1) is 22.3 Å². The second-order valence-electron chi connectivity index (χ2n) is 7.48. The van der Waals surface area contributed by atoms with Gasteiger partial charge in [-0.15, -0.1) is 11.3 Å². The summed E-state index contributed by atoms with van der Waals surface area (Å²) < 4.78 is 41.7. The Morgan fingerprint density at radius 1 is 1.21 bits per heavy atom. The molecule has 33 heavy (non-hydrogen) atoms. The van der Waals surface area contributed by atoms with Crippen molar-refractivity contribution in [1.82, 2.24) is 10.3 Å². The molecule has 0 aliphatic carbocycles. The second kappa shape index (κ2) is 9.07. The van der Waals surface area contributed by atoms with Crippen molar-refractivity contribution in [1.29, 1.82) is 0 Å². The minimum absolute atomic E-state index is 0.253. The first-order valence-electron chi connectivity index (χ1n) is 9.99. The Bertz CT molecular complexity index is 1250. The fourth-order valence-electron chi connectivity index (χ4n) is 3.44. The van der Waals surface area contributed by atoms with Crippen LogP contribution in [0.25, 0.3) is 5.57 Å². The van der Waals surface area contributed by atoms with Crippen molar-refractivity contribution in [2.24, 2.45) is 4.99 Å². The van der Waals surface area contributed by atoms with Gasteiger partial charge < -0.3 is 5.32 Å². The van der Waals surface area contributed by atoms with E-state index in [1.165, 1.54) is 15.9 Å². The number of pyridine rings is 1. The number of hydrogen-bond acceptors (Lipinski definition) is 4. The van der Waals surface area contributed by atoms with Gasteiger partial charge in [0.15, 0.2) is 6.20 Å². The second-order valence-corrected chi connectivity index (χ2v) is 8.93. The Kier molecular flexibility index (Phi) is 6.36. The van der Waals surface area contributed by atoms with E-state index in [-0.39, 0.29) is 17.1 Å². The highest BCUT2D eigenvalue weighted by Gasteiger charge is 2.42. The molecule has 1 aromatic carbocycles. The third-order valence-electron chi connectivity index (χ3n) is 5.13. The zero-order valence-corrected chi connectivity index (χ0v) is 19.2. The highest BCUT2D eigenvalue weighted by molar-refractivity contribution is 7.09. The zero-order valence-electron chi connectivity index (χ0n) is 17.6. The number of benzene rings is 1. The Balaban J connectivity index is 1.59. The monoisotopic (exact) mass is 491 g/mol. The standard InChI is InChI=1S/C23H18ClF3N4OS/c1-13(18-12-33-14(2)29-18)28-22(32)16-8-6-15(7-9-16)17-11-19(23(25,26)27)30-21(17)31-10-4-3-5-20(31)24/h3-13,21H,1-2H3/p+1. The maximum Gasteiger partial charge on any atom is 0.433 e. The zero-order chi connectivity index (χ0) is 23.8. The SMILES string of the molecule is Cc1nc(C(C)NC(=O)c2ccc(C3=CC(C(F)(F)F)=NC3[n+]3ccccc3Cl)cc2)cs1. The molecular weight excluding hydrogens is 473 g/mol. The minimum Gasteiger partial charge on any atom is -0.344 e. The van der Waals surface area contributed by atoms with Gasteiger partial charge >= 0.3 is 6.18 Å². The van der Waals surface area contributed by atoms with Crippen LogP contribution in [-0.4, -0.2) is 22.8 Å². The number of aliphatic imine (C=N–C) groups is 1. The molecule has 1 amide bonds. The molecular formula is C23H19ClF3N4OS+. The molecule has 0 radical (unpaired) electrons. The van der Waals surface area contributed by atoms with E-state index in [1.54, 1.807) is 48.7 Å². The maximum atomic E-state index is 13.4. The first kappa shape index (κ1) is 23.1. The van der Waals surface area contributed by atoms with Crippen molar-refractivity contribution in [2.45, 2.75) is 32.2 Å². The Labute approximate surface area is 197 Å². The molecule has 2 aromatic heterocycles. The van der Waals surface area contributed by atoms with E-state index in [0.29, 0.717) is 16.7 Å². The summed E-state index contributed by atoms with van der Waals surface area (Å²) in [6, 6.07) is 11.0. The van der Waals surface area contributed by atoms with Crippen molar-refractivity contribution in [3.05, 3.63) is 87.1 Å². The van der Waals surface area contributed by atoms with Crippen LogP contribution in [0, 0.1) is 6.92 Å². The maximum absolute atomic E-state index is 13.4. The Morgan fingerprint density at radius 3 is 2.55 bits per heavy atom. The summed E-state index contributed by atoms with van der Waals surface area (Å²) in [6.45, 7) is 3.73. The summed E-state index contributed by atoms with van der Waals surface area (Å²) in [5.74, 6) is -0.302. The van der Waals surface area contributed by atoms with E-state index in [0.717, 1.165) is 16.8 Å². The van der Waals surface area contributed by atoms with Crippen molar-refractivity contribution in [2.75, 3.05) is 0 Å². The topological polar surface area (TPSA) is 58.2 Å². The van der Waals surface area contributed by atoms with Crippen molar-refractivity contribution in [3.63, 3.8) is 0 Å². The smallest absolute Gasteiger partial charge is 0.344 e. The molecule has 0 spiro atoms. The van der Waals surface area contributed by atoms with Crippen molar-refractivity contribution >= 4 is 40.1 Å². The molecule has 0 saturated carbocycles. The van der Waals surface area contributed by atoms with Crippen LogP contribution in [0.3, 0.4) is 0 Å². The van der Waals surface area contributed by atoms with Gasteiger partial charge in [0, 0.05) is 23.1 Å². The predicted molar refractivity (Wildman–Crippen MR) is 121 cm³/mol. The number of aryl methyl sites for hydroxylation is 1. The average molecular weight is 492 g/mol. The first-order valence-corrected chi connectivity index (χ1v) is 11.2. The number of rotatable bonds is 5. The molecule has 1 aliphatic heterocycles. The number of allylic oxidation sites excluding steroid dienone is 1. The molecule has 2 atom stereocenters. The van der Waals surface area contributed by atoms with E-state index >= 15 is 0 Å². The van der Waals surface area contributed by atoms with E-state index in [2.05, 4.69) is 15.3 Å². The van der Waals surface area contributed by atoms with Crippen molar-refractivity contribution in [3.8, 4) is 0 Å². The lowest BCUT2D eigenvalue weighted by Crippen LogP contribution is -2.39. The molecule has 170 valence electrons. The number of nitrogens with zero attached hydrogens (tertiary/aromatic N) is 3. The van der Waals surface area contributed by atoms with Crippen LogP contribution in [0.15, 0.2) is 65.1 Å². The highest BCUT2D eigenvalue weighted by Crippen LogP contribution is 2.35. The highest BCUT2D eigenvalue weighted by atomic mass is 35.5. The van der Waals surface area contributed by atoms with Crippen LogP contribution in [0.2, 0.25) is 5.15 Å². The van der Waals surface area contributed by atoms with E-state index in [9.17, 15) is 18.0 Å². The summed E-state index contributed by atoms with van der Waals surface area (Å²) in [6.07, 6.45) is -2.97. The fourth-order valence-corrected chi connectivity index (χ4v) is 4.37. The summed E-state index contributed by atoms with van der Waals surface area (Å²) in [5, 5.41) is 5.93. The van der Waals surface area contributed by atoms with Crippen LogP contribution in [-0.2, 0) is 0 Å². The molecule has 10 heteroatoms. The summed E-state index contributed by atoms with van der Waals surface area (Å²) >= 11 is 7.72. The van der Waals surface area contributed by atoms with Gasteiger partial charge in [-0.2, -0.15) is 17.7 Å². The number of halogens is 4.